The van der Waals surface area contributed by atoms with Gasteiger partial charge in [0.15, 0.2) is 0 Å². The van der Waals surface area contributed by atoms with Crippen molar-refractivity contribution >= 4 is 0 Å². The van der Waals surface area contributed by atoms with Crippen molar-refractivity contribution in [3.63, 3.8) is 0 Å². The minimum Gasteiger partial charge on any atom is -0.302 e. The van der Waals surface area contributed by atoms with Crippen molar-refractivity contribution in [1.82, 2.24) is 10.2 Å². The first kappa shape index (κ1) is 7.03. The molecule has 0 saturated carbocycles. The van der Waals surface area contributed by atoms with E-state index < -0.39 is 0 Å². The average molecular weight is 128 g/mol. The Bertz CT molecular complexity index is 75.0. The van der Waals surface area contributed by atoms with Gasteiger partial charge in [-0.3, -0.25) is 4.90 Å². The molecule has 0 aromatic carbocycles. The van der Waals surface area contributed by atoms with E-state index in [0.717, 1.165) is 0 Å². The molecule has 1 atom stereocenters. The Morgan fingerprint density at radius 2 is 2.00 bits per heavy atom. The van der Waals surface area contributed by atoms with Crippen LogP contribution in [0.25, 0.3) is 0 Å². The van der Waals surface area contributed by atoms with Gasteiger partial charge in [0.05, 0.1) is 6.17 Å². The molecule has 1 unspecified atom stereocenters. The molecule has 1 N–H and O–H groups in total. The van der Waals surface area contributed by atoms with Crippen molar-refractivity contribution in [3.8, 4) is 0 Å². The van der Waals surface area contributed by atoms with E-state index in [4.69, 9.17) is 0 Å². The standard InChI is InChI=1S/C7H16N2/c1-3-9(4-2)7-5-6-8-7/h7-8H,3-6H2,1-2H3. The normalized spacial score (nSPS) is 26.3. The van der Waals surface area contributed by atoms with Crippen molar-refractivity contribution in [2.75, 3.05) is 19.6 Å². The maximum absolute atomic E-state index is 3.37. The van der Waals surface area contributed by atoms with E-state index in [2.05, 4.69) is 24.1 Å². The molecule has 2 nitrogen and oxygen atoms in total. The van der Waals surface area contributed by atoms with Crippen LogP contribution in [0, 0.1) is 0 Å². The Labute approximate surface area is 57.2 Å². The molecular weight excluding hydrogens is 112 g/mol. The van der Waals surface area contributed by atoms with E-state index >= 15 is 0 Å². The van der Waals surface area contributed by atoms with Crippen LogP contribution < -0.4 is 5.32 Å². The highest BCUT2D eigenvalue weighted by molar-refractivity contribution is 4.76. The quantitative estimate of drug-likeness (QED) is 0.600. The van der Waals surface area contributed by atoms with Crippen LogP contribution in [0.15, 0.2) is 0 Å². The molecule has 1 aliphatic rings. The number of hydrogen-bond acceptors (Lipinski definition) is 2. The largest absolute Gasteiger partial charge is 0.302 e. The summed E-state index contributed by atoms with van der Waals surface area (Å²) in [7, 11) is 0. The Morgan fingerprint density at radius 3 is 2.11 bits per heavy atom. The Kier molecular flexibility index (Phi) is 2.49. The van der Waals surface area contributed by atoms with Crippen LogP contribution in [0.5, 0.6) is 0 Å². The molecule has 1 rings (SSSR count). The van der Waals surface area contributed by atoms with E-state index in [-0.39, 0.29) is 0 Å². The molecule has 2 heteroatoms. The van der Waals surface area contributed by atoms with Crippen molar-refractivity contribution in [2.45, 2.75) is 26.4 Å². The maximum Gasteiger partial charge on any atom is 0.0609 e. The first-order valence-electron chi connectivity index (χ1n) is 3.86. The monoisotopic (exact) mass is 128 g/mol. The minimum atomic E-state index is 0.694. The van der Waals surface area contributed by atoms with Crippen LogP contribution in [0.2, 0.25) is 0 Å². The average Bonchev–Trinajstić information content (AvgIpc) is 1.78. The highest BCUT2D eigenvalue weighted by atomic mass is 15.3. The van der Waals surface area contributed by atoms with Gasteiger partial charge in [0.2, 0.25) is 0 Å². The summed E-state index contributed by atoms with van der Waals surface area (Å²) in [6, 6.07) is 0. The molecule has 0 radical (unpaired) electrons. The number of rotatable bonds is 3. The van der Waals surface area contributed by atoms with Gasteiger partial charge in [-0.05, 0) is 26.1 Å². The predicted octanol–water partition coefficient (Wildman–Crippen LogP) is 0.648. The smallest absolute Gasteiger partial charge is 0.0609 e. The molecule has 0 aromatic rings. The van der Waals surface area contributed by atoms with Crippen LogP contribution in [0.1, 0.15) is 20.3 Å². The molecule has 1 aliphatic heterocycles. The fourth-order valence-corrected chi connectivity index (χ4v) is 1.25. The summed E-state index contributed by atoms with van der Waals surface area (Å²) in [5.41, 5.74) is 0. The fraction of sp³-hybridized carbons (Fsp3) is 1.00. The van der Waals surface area contributed by atoms with Crippen molar-refractivity contribution in [1.29, 1.82) is 0 Å². The summed E-state index contributed by atoms with van der Waals surface area (Å²) in [4.78, 5) is 2.45. The van der Waals surface area contributed by atoms with E-state index in [9.17, 15) is 0 Å². The number of hydrogen-bond donors (Lipinski definition) is 1. The molecule has 9 heavy (non-hydrogen) atoms. The van der Waals surface area contributed by atoms with Gasteiger partial charge >= 0.3 is 0 Å². The van der Waals surface area contributed by atoms with Gasteiger partial charge in [0.25, 0.3) is 0 Å². The van der Waals surface area contributed by atoms with Crippen LogP contribution in [0.4, 0.5) is 0 Å². The van der Waals surface area contributed by atoms with Gasteiger partial charge < -0.3 is 5.32 Å². The first-order valence-corrected chi connectivity index (χ1v) is 3.86. The van der Waals surface area contributed by atoms with Gasteiger partial charge in [-0.25, -0.2) is 0 Å². The lowest BCUT2D eigenvalue weighted by atomic mass is 10.2. The van der Waals surface area contributed by atoms with Crippen LogP contribution >= 0.6 is 0 Å². The molecule has 1 heterocycles. The van der Waals surface area contributed by atoms with Crippen molar-refractivity contribution in [3.05, 3.63) is 0 Å². The predicted molar refractivity (Wildman–Crippen MR) is 39.3 cm³/mol. The molecular formula is C7H16N2. The lowest BCUT2D eigenvalue weighted by Gasteiger charge is -2.37. The van der Waals surface area contributed by atoms with E-state index in [0.29, 0.717) is 6.17 Å². The summed E-state index contributed by atoms with van der Waals surface area (Å²) in [6.07, 6.45) is 2.03. The van der Waals surface area contributed by atoms with Crippen molar-refractivity contribution < 1.29 is 0 Å². The Balaban J connectivity index is 2.19. The van der Waals surface area contributed by atoms with Crippen LogP contribution in [0.3, 0.4) is 0 Å². The molecule has 0 aliphatic carbocycles. The third kappa shape index (κ3) is 1.43. The van der Waals surface area contributed by atoms with Crippen LogP contribution in [-0.4, -0.2) is 30.7 Å². The Hall–Kier alpha value is -0.0800. The lowest BCUT2D eigenvalue weighted by molar-refractivity contribution is 0.122. The molecule has 0 amide bonds. The highest BCUT2D eigenvalue weighted by Gasteiger charge is 2.20. The summed E-state index contributed by atoms with van der Waals surface area (Å²) in [5, 5.41) is 3.37. The van der Waals surface area contributed by atoms with Gasteiger partial charge in [-0.2, -0.15) is 0 Å². The maximum atomic E-state index is 3.37. The van der Waals surface area contributed by atoms with Gasteiger partial charge in [-0.1, -0.05) is 13.8 Å². The molecule has 0 aromatic heterocycles. The zero-order valence-electron chi connectivity index (χ0n) is 6.35. The van der Waals surface area contributed by atoms with Gasteiger partial charge in [-0.15, -0.1) is 0 Å². The lowest BCUT2D eigenvalue weighted by Crippen LogP contribution is -2.54. The van der Waals surface area contributed by atoms with Gasteiger partial charge in [0.1, 0.15) is 0 Å². The number of nitrogens with one attached hydrogen (secondary N) is 1. The summed E-state index contributed by atoms with van der Waals surface area (Å²) in [5.74, 6) is 0. The third-order valence-electron chi connectivity index (χ3n) is 2.05. The second-order valence-electron chi connectivity index (χ2n) is 2.48. The number of nitrogens with zero attached hydrogens (tertiary/aromatic N) is 1. The highest BCUT2D eigenvalue weighted by Crippen LogP contribution is 2.06. The molecule has 0 spiro atoms. The Morgan fingerprint density at radius 1 is 1.44 bits per heavy atom. The van der Waals surface area contributed by atoms with Crippen LogP contribution in [-0.2, 0) is 0 Å². The topological polar surface area (TPSA) is 15.3 Å². The molecule has 0 bridgehead atoms. The summed E-state index contributed by atoms with van der Waals surface area (Å²) < 4.78 is 0. The van der Waals surface area contributed by atoms with E-state index in [1.54, 1.807) is 0 Å². The molecule has 1 saturated heterocycles. The van der Waals surface area contributed by atoms with Crippen molar-refractivity contribution in [2.24, 2.45) is 0 Å². The third-order valence-corrected chi connectivity index (χ3v) is 2.05. The minimum absolute atomic E-state index is 0.694. The first-order chi connectivity index (χ1) is 4.38. The summed E-state index contributed by atoms with van der Waals surface area (Å²) in [6.45, 7) is 7.98. The zero-order valence-corrected chi connectivity index (χ0v) is 6.35. The second kappa shape index (κ2) is 3.18. The van der Waals surface area contributed by atoms with E-state index in [1.807, 2.05) is 0 Å². The molecule has 54 valence electrons. The van der Waals surface area contributed by atoms with Gasteiger partial charge in [0, 0.05) is 0 Å². The second-order valence-corrected chi connectivity index (χ2v) is 2.48. The fourth-order valence-electron chi connectivity index (χ4n) is 1.25. The molecule has 1 fully saturated rings. The zero-order chi connectivity index (χ0) is 6.69. The SMILES string of the molecule is CCN(CC)C1CCN1. The van der Waals surface area contributed by atoms with E-state index in [1.165, 1.54) is 26.1 Å². The summed E-state index contributed by atoms with van der Waals surface area (Å²) >= 11 is 0.